The van der Waals surface area contributed by atoms with E-state index in [0.29, 0.717) is 18.7 Å². The molecule has 8 heteroatoms. The second kappa shape index (κ2) is 7.50. The first-order valence-corrected chi connectivity index (χ1v) is 8.01. The Bertz CT molecular complexity index is 641. The van der Waals surface area contributed by atoms with Crippen LogP contribution in [0, 0.1) is 0 Å². The third kappa shape index (κ3) is 4.68. The zero-order valence-electron chi connectivity index (χ0n) is 14.8. The van der Waals surface area contributed by atoms with Crippen LogP contribution in [0.4, 0.5) is 4.79 Å². The lowest BCUT2D eigenvalue weighted by atomic mass is 10.0. The van der Waals surface area contributed by atoms with Gasteiger partial charge in [0, 0.05) is 12.7 Å². The highest BCUT2D eigenvalue weighted by molar-refractivity contribution is 5.91. The largest absolute Gasteiger partial charge is 0.467 e. The molecular formula is C17H23N3O5. The van der Waals surface area contributed by atoms with Crippen LogP contribution in [0.25, 0.3) is 0 Å². The summed E-state index contributed by atoms with van der Waals surface area (Å²) in [7, 11) is 1.24. The maximum Gasteiger partial charge on any atom is 0.410 e. The molecule has 1 aliphatic rings. The molecule has 8 nitrogen and oxygen atoms in total. The van der Waals surface area contributed by atoms with Crippen molar-refractivity contribution in [1.29, 1.82) is 0 Å². The van der Waals surface area contributed by atoms with Gasteiger partial charge in [-0.15, -0.1) is 0 Å². The fourth-order valence-electron chi connectivity index (χ4n) is 2.36. The number of nitrogens with one attached hydrogen (secondary N) is 1. The van der Waals surface area contributed by atoms with Gasteiger partial charge in [0.25, 0.3) is 0 Å². The maximum atomic E-state index is 12.5. The van der Waals surface area contributed by atoms with E-state index in [1.165, 1.54) is 18.2 Å². The Kier molecular flexibility index (Phi) is 5.61. The number of esters is 1. The standard InChI is InChI=1S/C17H23N3O5/c1-17(2,3)25-16(23)20-10-8-12(20)14(21)19-13(15(22)24-4)11-7-5-6-9-18-11/h5-7,9,12-13H,8,10H2,1-4H3,(H,19,21)/t12-,13-/m1/s1. The summed E-state index contributed by atoms with van der Waals surface area (Å²) < 4.78 is 10.0. The van der Waals surface area contributed by atoms with Gasteiger partial charge in [0.05, 0.1) is 12.8 Å². The van der Waals surface area contributed by atoms with Crippen LogP contribution in [0.2, 0.25) is 0 Å². The number of hydrogen-bond acceptors (Lipinski definition) is 6. The van der Waals surface area contributed by atoms with E-state index < -0.39 is 35.7 Å². The predicted molar refractivity (Wildman–Crippen MR) is 88.5 cm³/mol. The molecule has 0 saturated carbocycles. The zero-order chi connectivity index (χ0) is 18.6. The van der Waals surface area contributed by atoms with E-state index in [4.69, 9.17) is 9.47 Å². The second-order valence-electron chi connectivity index (χ2n) is 6.70. The average molecular weight is 349 g/mol. The van der Waals surface area contributed by atoms with E-state index >= 15 is 0 Å². The molecule has 2 rings (SSSR count). The van der Waals surface area contributed by atoms with Crippen molar-refractivity contribution in [3.63, 3.8) is 0 Å². The first kappa shape index (κ1) is 18.7. The highest BCUT2D eigenvalue weighted by atomic mass is 16.6. The molecule has 1 aromatic rings. The molecule has 25 heavy (non-hydrogen) atoms. The fraction of sp³-hybridized carbons (Fsp3) is 0.529. The molecule has 0 aromatic carbocycles. The summed E-state index contributed by atoms with van der Waals surface area (Å²) in [5.41, 5.74) is -0.276. The number of nitrogens with zero attached hydrogens (tertiary/aromatic N) is 2. The molecule has 136 valence electrons. The molecule has 1 aliphatic heterocycles. The molecule has 1 aromatic heterocycles. The number of methoxy groups -OCH3 is 1. The molecule has 0 unspecified atom stereocenters. The van der Waals surface area contributed by atoms with Gasteiger partial charge in [0.1, 0.15) is 11.6 Å². The number of amides is 2. The first-order chi connectivity index (χ1) is 11.7. The van der Waals surface area contributed by atoms with E-state index in [0.717, 1.165) is 0 Å². The third-order valence-corrected chi connectivity index (χ3v) is 3.66. The van der Waals surface area contributed by atoms with Crippen molar-refractivity contribution in [3.05, 3.63) is 30.1 Å². The molecule has 1 N–H and O–H groups in total. The van der Waals surface area contributed by atoms with Crippen molar-refractivity contribution in [2.75, 3.05) is 13.7 Å². The van der Waals surface area contributed by atoms with Crippen LogP contribution in [-0.2, 0) is 19.1 Å². The molecule has 0 aliphatic carbocycles. The molecule has 2 atom stereocenters. The minimum absolute atomic E-state index is 0.367. The molecule has 1 fully saturated rings. The van der Waals surface area contributed by atoms with Gasteiger partial charge in [-0.1, -0.05) is 6.07 Å². The number of pyridine rings is 1. The molecule has 0 spiro atoms. The van der Waals surface area contributed by atoms with Crippen molar-refractivity contribution in [2.45, 2.75) is 44.9 Å². The van der Waals surface area contributed by atoms with Crippen LogP contribution >= 0.6 is 0 Å². The number of ether oxygens (including phenoxy) is 2. The molecule has 2 heterocycles. The predicted octanol–water partition coefficient (Wildman–Crippen LogP) is 1.42. The van der Waals surface area contributed by atoms with Crippen LogP contribution in [0.3, 0.4) is 0 Å². The maximum absolute atomic E-state index is 12.5. The Hall–Kier alpha value is -2.64. The van der Waals surface area contributed by atoms with Crippen LogP contribution in [0.15, 0.2) is 24.4 Å². The van der Waals surface area contributed by atoms with Crippen LogP contribution in [-0.4, -0.2) is 53.2 Å². The second-order valence-corrected chi connectivity index (χ2v) is 6.70. The summed E-state index contributed by atoms with van der Waals surface area (Å²) in [5, 5.41) is 2.61. The summed E-state index contributed by atoms with van der Waals surface area (Å²) >= 11 is 0. The Morgan fingerprint density at radius 2 is 2.04 bits per heavy atom. The highest BCUT2D eigenvalue weighted by Crippen LogP contribution is 2.22. The number of rotatable bonds is 4. The summed E-state index contributed by atoms with van der Waals surface area (Å²) in [6.45, 7) is 5.70. The van der Waals surface area contributed by atoms with Gasteiger partial charge in [-0.25, -0.2) is 9.59 Å². The molecule has 0 bridgehead atoms. The zero-order valence-corrected chi connectivity index (χ0v) is 14.8. The van der Waals surface area contributed by atoms with Gasteiger partial charge < -0.3 is 14.8 Å². The summed E-state index contributed by atoms with van der Waals surface area (Å²) in [6.07, 6.45) is 1.47. The quantitative estimate of drug-likeness (QED) is 0.826. The van der Waals surface area contributed by atoms with Crippen molar-refractivity contribution in [3.8, 4) is 0 Å². The topological polar surface area (TPSA) is 97.8 Å². The molecule has 2 amide bonds. The normalized spacial score (nSPS) is 17.9. The van der Waals surface area contributed by atoms with E-state index in [-0.39, 0.29) is 0 Å². The van der Waals surface area contributed by atoms with E-state index in [1.807, 2.05) is 0 Å². The minimum atomic E-state index is -1.03. The lowest BCUT2D eigenvalue weighted by Crippen LogP contribution is -2.59. The fourth-order valence-corrected chi connectivity index (χ4v) is 2.36. The molecule has 0 radical (unpaired) electrons. The van der Waals surface area contributed by atoms with Gasteiger partial charge in [-0.05, 0) is 39.3 Å². The van der Waals surface area contributed by atoms with Crippen LogP contribution in [0.1, 0.15) is 38.9 Å². The Morgan fingerprint density at radius 1 is 1.32 bits per heavy atom. The van der Waals surface area contributed by atoms with Gasteiger partial charge >= 0.3 is 12.1 Å². The summed E-state index contributed by atoms with van der Waals surface area (Å²) in [5.74, 6) is -1.08. The highest BCUT2D eigenvalue weighted by Gasteiger charge is 2.41. The third-order valence-electron chi connectivity index (χ3n) is 3.66. The average Bonchev–Trinajstić information content (AvgIpc) is 2.49. The number of likely N-dealkylation sites (tertiary alicyclic amines) is 1. The minimum Gasteiger partial charge on any atom is -0.467 e. The number of carbonyl (C=O) groups is 3. The Balaban J connectivity index is 2.06. The Morgan fingerprint density at radius 3 is 2.52 bits per heavy atom. The molecule has 1 saturated heterocycles. The SMILES string of the molecule is COC(=O)[C@H](NC(=O)[C@H]1CCN1C(=O)OC(C)(C)C)c1ccccn1. The summed E-state index contributed by atoms with van der Waals surface area (Å²) in [4.78, 5) is 42.1. The van der Waals surface area contributed by atoms with Crippen molar-refractivity contribution in [1.82, 2.24) is 15.2 Å². The van der Waals surface area contributed by atoms with Crippen molar-refractivity contribution in [2.24, 2.45) is 0 Å². The van der Waals surface area contributed by atoms with Gasteiger partial charge in [0.15, 0.2) is 6.04 Å². The van der Waals surface area contributed by atoms with Crippen molar-refractivity contribution < 1.29 is 23.9 Å². The number of carbonyl (C=O) groups excluding carboxylic acids is 3. The van der Waals surface area contributed by atoms with Gasteiger partial charge in [-0.2, -0.15) is 0 Å². The number of aromatic nitrogens is 1. The number of hydrogen-bond donors (Lipinski definition) is 1. The first-order valence-electron chi connectivity index (χ1n) is 8.01. The molecular weight excluding hydrogens is 326 g/mol. The van der Waals surface area contributed by atoms with Gasteiger partial charge in [0.2, 0.25) is 5.91 Å². The lowest BCUT2D eigenvalue weighted by molar-refractivity contribution is -0.146. The summed E-state index contributed by atoms with van der Waals surface area (Å²) in [6, 6.07) is 3.33. The van der Waals surface area contributed by atoms with E-state index in [9.17, 15) is 14.4 Å². The smallest absolute Gasteiger partial charge is 0.410 e. The van der Waals surface area contributed by atoms with Gasteiger partial charge in [-0.3, -0.25) is 14.7 Å². The van der Waals surface area contributed by atoms with E-state index in [1.54, 1.807) is 39.0 Å². The van der Waals surface area contributed by atoms with E-state index in [2.05, 4.69) is 10.3 Å². The van der Waals surface area contributed by atoms with Crippen LogP contribution < -0.4 is 5.32 Å². The van der Waals surface area contributed by atoms with Crippen LogP contribution in [0.5, 0.6) is 0 Å². The monoisotopic (exact) mass is 349 g/mol. The Labute approximate surface area is 146 Å². The van der Waals surface area contributed by atoms with Crippen molar-refractivity contribution >= 4 is 18.0 Å². The lowest BCUT2D eigenvalue weighted by Gasteiger charge is -2.40.